The predicted molar refractivity (Wildman–Crippen MR) is 110 cm³/mol. The molecule has 0 aliphatic heterocycles. The van der Waals surface area contributed by atoms with Gasteiger partial charge in [-0.2, -0.15) is 0 Å². The molecule has 4 aliphatic rings. The molecule has 4 aliphatic carbocycles. The summed E-state index contributed by atoms with van der Waals surface area (Å²) >= 11 is 0. The van der Waals surface area contributed by atoms with Crippen molar-refractivity contribution in [3.63, 3.8) is 0 Å². The minimum atomic E-state index is 0. The van der Waals surface area contributed by atoms with Crippen LogP contribution in [0.25, 0.3) is 0 Å². The van der Waals surface area contributed by atoms with Crippen LogP contribution in [0, 0.1) is 40.4 Å². The molecule has 0 aromatic heterocycles. The highest BCUT2D eigenvalue weighted by Crippen LogP contribution is 2.67. The van der Waals surface area contributed by atoms with Crippen molar-refractivity contribution in [2.45, 2.75) is 80.1 Å². The van der Waals surface area contributed by atoms with Crippen molar-refractivity contribution in [1.29, 1.82) is 0 Å². The van der Waals surface area contributed by atoms with Crippen LogP contribution >= 0.6 is 0 Å². The average molecular weight is 341 g/mol. The van der Waals surface area contributed by atoms with Crippen LogP contribution in [0.1, 0.15) is 80.1 Å². The molecule has 0 aromatic rings. The van der Waals surface area contributed by atoms with E-state index in [1.165, 1.54) is 50.5 Å². The van der Waals surface area contributed by atoms with Crippen LogP contribution in [0.3, 0.4) is 0 Å². The molecule has 3 fully saturated rings. The maximum atomic E-state index is 4.18. The lowest BCUT2D eigenvalue weighted by molar-refractivity contribution is -0.0429. The minimum absolute atomic E-state index is 0. The maximum Gasteiger partial charge on any atom is 0.0100 e. The summed E-state index contributed by atoms with van der Waals surface area (Å²) in [4.78, 5) is 0. The Kier molecular flexibility index (Phi) is 4.89. The first-order valence-electron chi connectivity index (χ1n) is 10.5. The van der Waals surface area contributed by atoms with Gasteiger partial charge in [-0.3, -0.25) is 0 Å². The van der Waals surface area contributed by atoms with Crippen molar-refractivity contribution >= 4 is 0 Å². The Morgan fingerprint density at radius 3 is 2.64 bits per heavy atom. The largest absolute Gasteiger partial charge is 0.0918 e. The molecule has 7 atom stereocenters. The maximum absolute atomic E-state index is 4.18. The first-order valence-corrected chi connectivity index (χ1v) is 10.5. The monoisotopic (exact) mass is 340 g/mol. The highest BCUT2D eigenvalue weighted by molar-refractivity contribution is 5.43. The van der Waals surface area contributed by atoms with Gasteiger partial charge in [0.15, 0.2) is 0 Å². The summed E-state index contributed by atoms with van der Waals surface area (Å²) in [6.07, 6.45) is 17.2. The molecule has 0 aromatic carbocycles. The normalized spacial score (nSPS) is 46.4. The number of hydrogen-bond acceptors (Lipinski definition) is 0. The summed E-state index contributed by atoms with van der Waals surface area (Å²) in [7, 11) is 0. The first kappa shape index (κ1) is 19.0. The number of fused-ring (bicyclic) bond motifs is 5. The van der Waals surface area contributed by atoms with Gasteiger partial charge in [-0.25, -0.2) is 0 Å². The summed E-state index contributed by atoms with van der Waals surface area (Å²) in [6.45, 7) is 14.3. The van der Waals surface area contributed by atoms with Crippen LogP contribution in [0.5, 0.6) is 0 Å². The van der Waals surface area contributed by atoms with Gasteiger partial charge in [0, 0.05) is 5.41 Å². The van der Waals surface area contributed by atoms with Gasteiger partial charge in [0.25, 0.3) is 0 Å². The first-order chi connectivity index (χ1) is 11.4. The number of allylic oxidation sites excluding steroid dienone is 5. The fourth-order valence-electron chi connectivity index (χ4n) is 7.53. The topological polar surface area (TPSA) is 0 Å². The second-order valence-corrected chi connectivity index (χ2v) is 9.89. The van der Waals surface area contributed by atoms with E-state index >= 15 is 0 Å². The Morgan fingerprint density at radius 1 is 1.16 bits per heavy atom. The predicted octanol–water partition coefficient (Wildman–Crippen LogP) is 7.58. The van der Waals surface area contributed by atoms with E-state index in [1.807, 2.05) is 0 Å². The van der Waals surface area contributed by atoms with Gasteiger partial charge >= 0.3 is 0 Å². The Morgan fingerprint density at radius 2 is 1.92 bits per heavy atom. The lowest BCUT2D eigenvalue weighted by Crippen LogP contribution is -2.49. The van der Waals surface area contributed by atoms with E-state index in [4.69, 9.17) is 0 Å². The zero-order valence-corrected chi connectivity index (χ0v) is 16.3. The summed E-state index contributed by atoms with van der Waals surface area (Å²) in [5.74, 6) is 4.68. The van der Waals surface area contributed by atoms with E-state index in [1.54, 1.807) is 5.57 Å². The van der Waals surface area contributed by atoms with Gasteiger partial charge in [-0.15, -0.1) is 0 Å². The average Bonchev–Trinajstić information content (AvgIpc) is 2.92. The van der Waals surface area contributed by atoms with Gasteiger partial charge in [-0.1, -0.05) is 71.9 Å². The van der Waals surface area contributed by atoms with E-state index in [-0.39, 0.29) is 7.43 Å². The van der Waals surface area contributed by atoms with Crippen molar-refractivity contribution in [3.05, 3.63) is 36.0 Å². The molecule has 0 bridgehead atoms. The molecule has 3 saturated carbocycles. The van der Waals surface area contributed by atoms with E-state index < -0.39 is 0 Å². The van der Waals surface area contributed by atoms with Gasteiger partial charge in [0.05, 0.1) is 0 Å². The molecule has 0 heterocycles. The molecule has 4 rings (SSSR count). The second kappa shape index (κ2) is 6.43. The Balaban J connectivity index is 0.00000182. The van der Waals surface area contributed by atoms with Crippen molar-refractivity contribution in [1.82, 2.24) is 0 Å². The van der Waals surface area contributed by atoms with E-state index in [0.717, 1.165) is 29.6 Å². The highest BCUT2D eigenvalue weighted by atomic mass is 14.6. The molecule has 0 amide bonds. The fraction of sp³-hybridized carbons (Fsp3) is 0.760. The van der Waals surface area contributed by atoms with Crippen molar-refractivity contribution in [2.75, 3.05) is 0 Å². The third-order valence-electron chi connectivity index (χ3n) is 9.05. The molecule has 0 heteroatoms. The van der Waals surface area contributed by atoms with Crippen LogP contribution in [-0.4, -0.2) is 0 Å². The Hall–Kier alpha value is -0.780. The summed E-state index contributed by atoms with van der Waals surface area (Å²) in [5.41, 5.74) is 3.83. The third-order valence-corrected chi connectivity index (χ3v) is 9.05. The Bertz CT molecular complexity index is 593. The summed E-state index contributed by atoms with van der Waals surface area (Å²) < 4.78 is 0. The zero-order chi connectivity index (χ0) is 17.1. The number of rotatable bonds is 2. The smallest absolute Gasteiger partial charge is 0.0100 e. The third kappa shape index (κ3) is 2.62. The molecule has 0 radical (unpaired) electrons. The SMILES string of the molecule is C.C=C1C=CC2(C)C(=C1)CCC1C2CCC2(C)C(C(C)CC)CCC12. The molecular weight excluding hydrogens is 300 g/mol. The van der Waals surface area contributed by atoms with Crippen LogP contribution < -0.4 is 0 Å². The molecule has 0 N–H and O–H groups in total. The van der Waals surface area contributed by atoms with Crippen LogP contribution in [0.4, 0.5) is 0 Å². The van der Waals surface area contributed by atoms with E-state index in [9.17, 15) is 0 Å². The summed E-state index contributed by atoms with van der Waals surface area (Å²) in [5, 5.41) is 0. The van der Waals surface area contributed by atoms with Gasteiger partial charge in [-0.05, 0) is 79.1 Å². The zero-order valence-electron chi connectivity index (χ0n) is 16.3. The molecule has 140 valence electrons. The van der Waals surface area contributed by atoms with Crippen molar-refractivity contribution < 1.29 is 0 Å². The molecule has 0 saturated heterocycles. The van der Waals surface area contributed by atoms with Crippen LogP contribution in [0.2, 0.25) is 0 Å². The van der Waals surface area contributed by atoms with E-state index in [0.29, 0.717) is 10.8 Å². The standard InChI is InChI=1S/C24H36.CH4/c1-6-17(3)20-9-10-21-19-8-7-18-15-16(2)11-13-23(18,4)22(19)12-14-24(20,21)5;/h11,13,15,17,19-22H,2,6-10,12,14H2,1,3-5H3;1H4. The molecule has 7 unspecified atom stereocenters. The fourth-order valence-corrected chi connectivity index (χ4v) is 7.53. The van der Waals surface area contributed by atoms with Crippen LogP contribution in [0.15, 0.2) is 36.0 Å². The van der Waals surface area contributed by atoms with Crippen molar-refractivity contribution in [3.8, 4) is 0 Å². The highest BCUT2D eigenvalue weighted by Gasteiger charge is 2.58. The molecular formula is C25H40. The second-order valence-electron chi connectivity index (χ2n) is 9.89. The van der Waals surface area contributed by atoms with Gasteiger partial charge < -0.3 is 0 Å². The lowest BCUT2D eigenvalue weighted by atomic mass is 9.47. The lowest BCUT2D eigenvalue weighted by Gasteiger charge is -2.57. The Labute approximate surface area is 156 Å². The molecule has 0 spiro atoms. The molecule has 25 heavy (non-hydrogen) atoms. The minimum Gasteiger partial charge on any atom is -0.0918 e. The quantitative estimate of drug-likeness (QED) is 0.486. The molecule has 0 nitrogen and oxygen atoms in total. The van der Waals surface area contributed by atoms with Crippen molar-refractivity contribution in [2.24, 2.45) is 40.4 Å². The van der Waals surface area contributed by atoms with Crippen LogP contribution in [-0.2, 0) is 0 Å². The summed E-state index contributed by atoms with van der Waals surface area (Å²) in [6, 6.07) is 0. The van der Waals surface area contributed by atoms with E-state index in [2.05, 4.69) is 52.5 Å². The number of hydrogen-bond donors (Lipinski definition) is 0. The van der Waals surface area contributed by atoms with Gasteiger partial charge in [0.1, 0.15) is 0 Å². The van der Waals surface area contributed by atoms with Gasteiger partial charge in [0.2, 0.25) is 0 Å².